The van der Waals surface area contributed by atoms with Crippen LogP contribution in [-0.4, -0.2) is 16.4 Å². The molecule has 2 N–H and O–H groups in total. The van der Waals surface area contributed by atoms with E-state index in [2.05, 4.69) is 17.1 Å². The van der Waals surface area contributed by atoms with Gasteiger partial charge in [-0.25, -0.2) is 0 Å². The van der Waals surface area contributed by atoms with Gasteiger partial charge in [-0.15, -0.1) is 0 Å². The Hall–Kier alpha value is -0.550. The van der Waals surface area contributed by atoms with Crippen molar-refractivity contribution in [2.24, 2.45) is 5.73 Å². The Bertz CT molecular complexity index is 251. The van der Waals surface area contributed by atoms with Crippen molar-refractivity contribution >= 4 is 11.8 Å². The van der Waals surface area contributed by atoms with Crippen LogP contribution in [0.25, 0.3) is 0 Å². The number of thioether (sulfide) groups is 1. The van der Waals surface area contributed by atoms with Crippen molar-refractivity contribution in [1.82, 2.24) is 10.1 Å². The molecule has 0 radical (unpaired) electrons. The average molecular weight is 201 g/mol. The van der Waals surface area contributed by atoms with Gasteiger partial charge in [-0.05, 0) is 12.7 Å². The first-order chi connectivity index (χ1) is 6.27. The van der Waals surface area contributed by atoms with Crippen molar-refractivity contribution in [3.63, 3.8) is 0 Å². The van der Waals surface area contributed by atoms with Crippen molar-refractivity contribution in [2.75, 3.05) is 6.26 Å². The predicted octanol–water partition coefficient (Wildman–Crippen LogP) is 1.73. The second kappa shape index (κ2) is 5.24. The van der Waals surface area contributed by atoms with Crippen LogP contribution in [0.1, 0.15) is 37.5 Å². The predicted molar refractivity (Wildman–Crippen MR) is 53.4 cm³/mol. The molecular formula is C8H15N3OS. The van der Waals surface area contributed by atoms with E-state index in [9.17, 15) is 0 Å². The van der Waals surface area contributed by atoms with E-state index in [-0.39, 0.29) is 6.04 Å². The number of nitrogens with two attached hydrogens (primary N) is 1. The zero-order valence-electron chi connectivity index (χ0n) is 7.99. The molecule has 0 aliphatic carbocycles. The van der Waals surface area contributed by atoms with Crippen LogP contribution in [-0.2, 0) is 5.75 Å². The third-order valence-corrected chi connectivity index (χ3v) is 2.22. The van der Waals surface area contributed by atoms with Crippen LogP contribution in [0.5, 0.6) is 0 Å². The first-order valence-corrected chi connectivity index (χ1v) is 5.74. The van der Waals surface area contributed by atoms with Gasteiger partial charge in [-0.2, -0.15) is 16.7 Å². The van der Waals surface area contributed by atoms with Gasteiger partial charge >= 0.3 is 0 Å². The minimum Gasteiger partial charge on any atom is -0.338 e. The van der Waals surface area contributed by atoms with Crippen molar-refractivity contribution in [1.29, 1.82) is 0 Å². The molecule has 1 atom stereocenters. The van der Waals surface area contributed by atoms with E-state index < -0.39 is 0 Å². The van der Waals surface area contributed by atoms with Crippen molar-refractivity contribution in [2.45, 2.75) is 31.6 Å². The van der Waals surface area contributed by atoms with E-state index in [1.54, 1.807) is 11.8 Å². The highest BCUT2D eigenvalue weighted by atomic mass is 32.2. The van der Waals surface area contributed by atoms with Gasteiger partial charge in [0, 0.05) is 0 Å². The average Bonchev–Trinajstić information content (AvgIpc) is 2.54. The fraction of sp³-hybridized carbons (Fsp3) is 0.750. The van der Waals surface area contributed by atoms with Gasteiger partial charge in [0.2, 0.25) is 5.89 Å². The molecule has 0 amide bonds. The highest BCUT2D eigenvalue weighted by Crippen LogP contribution is 2.13. The Morgan fingerprint density at radius 1 is 1.62 bits per heavy atom. The van der Waals surface area contributed by atoms with E-state index >= 15 is 0 Å². The summed E-state index contributed by atoms with van der Waals surface area (Å²) in [7, 11) is 0. The highest BCUT2D eigenvalue weighted by Gasteiger charge is 2.12. The van der Waals surface area contributed by atoms with Gasteiger partial charge in [0.25, 0.3) is 0 Å². The number of hydrogen-bond acceptors (Lipinski definition) is 5. The maximum absolute atomic E-state index is 5.82. The monoisotopic (exact) mass is 201 g/mol. The summed E-state index contributed by atoms with van der Waals surface area (Å²) in [6.07, 6.45) is 3.93. The van der Waals surface area contributed by atoms with Crippen LogP contribution < -0.4 is 5.73 Å². The minimum atomic E-state index is -0.0793. The molecule has 4 nitrogen and oxygen atoms in total. The lowest BCUT2D eigenvalue weighted by molar-refractivity contribution is 0.379. The Kier molecular flexibility index (Phi) is 4.24. The van der Waals surface area contributed by atoms with Gasteiger partial charge in [0.05, 0.1) is 11.8 Å². The molecule has 1 aromatic rings. The molecule has 1 aromatic heterocycles. The fourth-order valence-corrected chi connectivity index (χ4v) is 1.41. The summed E-state index contributed by atoms with van der Waals surface area (Å²) < 4.78 is 5.01. The largest absolute Gasteiger partial charge is 0.338 e. The van der Waals surface area contributed by atoms with Gasteiger partial charge in [0.1, 0.15) is 0 Å². The van der Waals surface area contributed by atoms with Crippen molar-refractivity contribution in [3.05, 3.63) is 11.7 Å². The van der Waals surface area contributed by atoms with Gasteiger partial charge < -0.3 is 10.3 Å². The van der Waals surface area contributed by atoms with E-state index in [4.69, 9.17) is 10.3 Å². The van der Waals surface area contributed by atoms with E-state index in [0.29, 0.717) is 11.7 Å². The molecule has 0 aromatic carbocycles. The molecular weight excluding hydrogens is 186 g/mol. The molecule has 74 valence electrons. The Morgan fingerprint density at radius 3 is 3.00 bits per heavy atom. The van der Waals surface area contributed by atoms with Crippen LogP contribution >= 0.6 is 11.8 Å². The summed E-state index contributed by atoms with van der Waals surface area (Å²) in [4.78, 5) is 4.19. The minimum absolute atomic E-state index is 0.0793. The topological polar surface area (TPSA) is 64.9 Å². The van der Waals surface area contributed by atoms with E-state index in [1.807, 2.05) is 6.26 Å². The second-order valence-corrected chi connectivity index (χ2v) is 3.74. The number of aromatic nitrogens is 2. The zero-order valence-corrected chi connectivity index (χ0v) is 8.80. The van der Waals surface area contributed by atoms with Crippen molar-refractivity contribution < 1.29 is 4.52 Å². The lowest BCUT2D eigenvalue weighted by Gasteiger charge is -2.02. The summed E-state index contributed by atoms with van der Waals surface area (Å²) >= 11 is 1.66. The van der Waals surface area contributed by atoms with E-state index in [0.717, 1.165) is 18.6 Å². The zero-order chi connectivity index (χ0) is 9.68. The first-order valence-electron chi connectivity index (χ1n) is 4.35. The molecule has 1 heterocycles. The Balaban J connectivity index is 2.56. The molecule has 0 spiro atoms. The first kappa shape index (κ1) is 10.5. The molecule has 0 aliphatic heterocycles. The van der Waals surface area contributed by atoms with Crippen LogP contribution in [0.4, 0.5) is 0 Å². The molecule has 13 heavy (non-hydrogen) atoms. The fourth-order valence-electron chi connectivity index (χ4n) is 1.04. The number of hydrogen-bond donors (Lipinski definition) is 1. The molecule has 0 bridgehead atoms. The molecule has 0 fully saturated rings. The maximum Gasteiger partial charge on any atom is 0.236 e. The summed E-state index contributed by atoms with van der Waals surface area (Å²) in [5.41, 5.74) is 5.82. The van der Waals surface area contributed by atoms with Gasteiger partial charge in [0.15, 0.2) is 5.82 Å². The lowest BCUT2D eigenvalue weighted by Crippen LogP contribution is -2.11. The number of nitrogens with zero attached hydrogens (tertiary/aromatic N) is 2. The highest BCUT2D eigenvalue weighted by molar-refractivity contribution is 7.97. The van der Waals surface area contributed by atoms with Gasteiger partial charge in [-0.1, -0.05) is 18.5 Å². The van der Waals surface area contributed by atoms with Crippen molar-refractivity contribution in [3.8, 4) is 0 Å². The quantitative estimate of drug-likeness (QED) is 0.786. The van der Waals surface area contributed by atoms with E-state index in [1.165, 1.54) is 0 Å². The third-order valence-electron chi connectivity index (χ3n) is 1.68. The molecule has 5 heteroatoms. The van der Waals surface area contributed by atoms with Crippen LogP contribution in [0, 0.1) is 0 Å². The Morgan fingerprint density at radius 2 is 2.38 bits per heavy atom. The summed E-state index contributed by atoms with van der Waals surface area (Å²) in [5, 5.41) is 3.83. The van der Waals surface area contributed by atoms with Gasteiger partial charge in [-0.3, -0.25) is 0 Å². The second-order valence-electron chi connectivity index (χ2n) is 2.87. The standard InChI is InChI=1S/C8H15N3OS/c1-3-4-6(9)8-10-7(5-13-2)12-11-8/h6H,3-5,9H2,1-2H3. The van der Waals surface area contributed by atoms with Crippen LogP contribution in [0.3, 0.4) is 0 Å². The normalized spacial score (nSPS) is 13.2. The maximum atomic E-state index is 5.82. The summed E-state index contributed by atoms with van der Waals surface area (Å²) in [6.45, 7) is 2.09. The third kappa shape index (κ3) is 3.00. The lowest BCUT2D eigenvalue weighted by atomic mass is 10.2. The molecule has 0 saturated heterocycles. The molecule has 1 unspecified atom stereocenters. The molecule has 1 rings (SSSR count). The molecule has 0 saturated carbocycles. The Labute approximate surface area is 82.3 Å². The van der Waals surface area contributed by atoms with Crippen LogP contribution in [0.15, 0.2) is 4.52 Å². The summed E-state index contributed by atoms with van der Waals surface area (Å²) in [6, 6.07) is -0.0793. The SMILES string of the molecule is CCCC(N)c1noc(CSC)n1. The smallest absolute Gasteiger partial charge is 0.236 e. The van der Waals surface area contributed by atoms with Crippen LogP contribution in [0.2, 0.25) is 0 Å². The summed E-state index contributed by atoms with van der Waals surface area (Å²) in [5.74, 6) is 2.05. The molecule has 0 aliphatic rings. The number of rotatable bonds is 5.